The maximum atomic E-state index is 10.8. The molecule has 0 spiro atoms. The van der Waals surface area contributed by atoms with Crippen molar-refractivity contribution in [3.05, 3.63) is 49.1 Å². The third-order valence-electron chi connectivity index (χ3n) is 6.59. The average Bonchev–Trinajstić information content (AvgIpc) is 3.43. The number of hydrogen-bond acceptors (Lipinski definition) is 8. The lowest BCUT2D eigenvalue weighted by Crippen LogP contribution is -2.58. The van der Waals surface area contributed by atoms with Crippen molar-refractivity contribution in [3.8, 4) is 28.1 Å². The van der Waals surface area contributed by atoms with E-state index in [1.807, 2.05) is 39.7 Å². The standard InChI is InChI=1S/C25H27N9O.ClH/c1-24(2)11-17(12-25(3,4)31-24)34-22-20(29-32-34)10-19(28-30-22)18-6-5-15(9-21(18)35)16-13-27-23-26-7-8-33(23)14-16;/h5-10,13-14,17,31,35H,11-12H2,1-4H3;1H. The van der Waals surface area contributed by atoms with Gasteiger partial charge in [0.25, 0.3) is 0 Å². The monoisotopic (exact) mass is 505 g/mol. The quantitative estimate of drug-likeness (QED) is 0.374. The molecule has 0 unspecified atom stereocenters. The molecule has 6 rings (SSSR count). The van der Waals surface area contributed by atoms with E-state index >= 15 is 0 Å². The van der Waals surface area contributed by atoms with Crippen LogP contribution < -0.4 is 5.32 Å². The highest BCUT2D eigenvalue weighted by Crippen LogP contribution is 2.37. The maximum Gasteiger partial charge on any atom is 0.233 e. The van der Waals surface area contributed by atoms with E-state index in [4.69, 9.17) is 0 Å². The van der Waals surface area contributed by atoms with Gasteiger partial charge < -0.3 is 10.4 Å². The Balaban J connectivity index is 0.00000267. The number of rotatable bonds is 3. The lowest BCUT2D eigenvalue weighted by molar-refractivity contribution is 0.127. The number of fused-ring (bicyclic) bond motifs is 2. The van der Waals surface area contributed by atoms with Crippen LogP contribution in [0.5, 0.6) is 5.75 Å². The Labute approximate surface area is 214 Å². The minimum Gasteiger partial charge on any atom is -0.507 e. The van der Waals surface area contributed by atoms with E-state index in [0.29, 0.717) is 28.2 Å². The molecule has 0 radical (unpaired) electrons. The molecule has 4 aromatic heterocycles. The molecule has 0 bridgehead atoms. The Bertz CT molecular complexity index is 1560. The number of piperidine rings is 1. The first-order chi connectivity index (χ1) is 16.7. The van der Waals surface area contributed by atoms with Gasteiger partial charge >= 0.3 is 0 Å². The van der Waals surface area contributed by atoms with Crippen LogP contribution in [0.15, 0.2) is 49.1 Å². The molecule has 10 nitrogen and oxygen atoms in total. The van der Waals surface area contributed by atoms with Crippen LogP contribution in [0.3, 0.4) is 0 Å². The fraction of sp³-hybridized carbons (Fsp3) is 0.360. The zero-order valence-electron chi connectivity index (χ0n) is 20.5. The van der Waals surface area contributed by atoms with Crippen LogP contribution in [0.25, 0.3) is 39.3 Å². The Morgan fingerprint density at radius 1 is 0.972 bits per heavy atom. The van der Waals surface area contributed by atoms with Crippen molar-refractivity contribution in [2.45, 2.75) is 57.7 Å². The molecule has 36 heavy (non-hydrogen) atoms. The van der Waals surface area contributed by atoms with Crippen molar-refractivity contribution < 1.29 is 5.11 Å². The van der Waals surface area contributed by atoms with Gasteiger partial charge in [0.2, 0.25) is 11.4 Å². The number of aromatic hydroxyl groups is 1. The first-order valence-electron chi connectivity index (χ1n) is 11.7. The van der Waals surface area contributed by atoms with E-state index in [9.17, 15) is 5.11 Å². The molecule has 5 heterocycles. The lowest BCUT2D eigenvalue weighted by Gasteiger charge is -2.46. The fourth-order valence-corrected chi connectivity index (χ4v) is 5.46. The van der Waals surface area contributed by atoms with E-state index in [1.54, 1.807) is 18.5 Å². The molecule has 1 aliphatic rings. The summed E-state index contributed by atoms with van der Waals surface area (Å²) in [6.07, 6.45) is 9.04. The summed E-state index contributed by atoms with van der Waals surface area (Å²) < 4.78 is 3.74. The van der Waals surface area contributed by atoms with Crippen LogP contribution in [0.4, 0.5) is 0 Å². The zero-order valence-corrected chi connectivity index (χ0v) is 21.4. The molecule has 0 atom stereocenters. The summed E-state index contributed by atoms with van der Waals surface area (Å²) in [7, 11) is 0. The van der Waals surface area contributed by atoms with Crippen LogP contribution in [0, 0.1) is 0 Å². The summed E-state index contributed by atoms with van der Waals surface area (Å²) in [5.41, 5.74) is 4.10. The maximum absolute atomic E-state index is 10.8. The molecular weight excluding hydrogens is 478 g/mol. The topological polar surface area (TPSA) is 119 Å². The highest BCUT2D eigenvalue weighted by molar-refractivity contribution is 5.85. The van der Waals surface area contributed by atoms with Crippen molar-refractivity contribution in [1.82, 2.24) is 44.9 Å². The lowest BCUT2D eigenvalue weighted by atomic mass is 9.80. The van der Waals surface area contributed by atoms with Crippen molar-refractivity contribution in [2.75, 3.05) is 0 Å². The number of halogens is 1. The Kier molecular flexibility index (Phi) is 5.68. The summed E-state index contributed by atoms with van der Waals surface area (Å²) in [4.78, 5) is 8.51. The second-order valence-corrected chi connectivity index (χ2v) is 10.6. The summed E-state index contributed by atoms with van der Waals surface area (Å²) >= 11 is 0. The van der Waals surface area contributed by atoms with Crippen LogP contribution >= 0.6 is 12.4 Å². The van der Waals surface area contributed by atoms with Gasteiger partial charge in [-0.05, 0) is 64.3 Å². The second kappa shape index (κ2) is 8.49. The van der Waals surface area contributed by atoms with E-state index in [-0.39, 0.29) is 35.3 Å². The zero-order chi connectivity index (χ0) is 24.4. The molecule has 5 aromatic rings. The van der Waals surface area contributed by atoms with Gasteiger partial charge in [-0.2, -0.15) is 0 Å². The van der Waals surface area contributed by atoms with E-state index in [0.717, 1.165) is 24.0 Å². The van der Waals surface area contributed by atoms with E-state index < -0.39 is 0 Å². The highest BCUT2D eigenvalue weighted by Gasteiger charge is 2.39. The third kappa shape index (κ3) is 4.27. The minimum atomic E-state index is -0.0243. The summed E-state index contributed by atoms with van der Waals surface area (Å²) in [5.74, 6) is 0.735. The predicted octanol–water partition coefficient (Wildman–Crippen LogP) is 4.21. The molecule has 11 heteroatoms. The smallest absolute Gasteiger partial charge is 0.233 e. The van der Waals surface area contributed by atoms with Gasteiger partial charge in [0.15, 0.2) is 0 Å². The Morgan fingerprint density at radius 2 is 1.75 bits per heavy atom. The van der Waals surface area contributed by atoms with Gasteiger partial charge in [0.05, 0.1) is 11.7 Å². The number of imidazole rings is 1. The number of nitrogens with one attached hydrogen (secondary N) is 1. The molecule has 1 saturated heterocycles. The van der Waals surface area contributed by atoms with E-state index in [2.05, 4.69) is 63.5 Å². The van der Waals surface area contributed by atoms with E-state index in [1.165, 1.54) is 0 Å². The summed E-state index contributed by atoms with van der Waals surface area (Å²) in [6.45, 7) is 8.83. The number of benzene rings is 1. The van der Waals surface area contributed by atoms with Crippen molar-refractivity contribution in [2.24, 2.45) is 0 Å². The number of nitrogens with zero attached hydrogens (tertiary/aromatic N) is 8. The molecule has 1 aromatic carbocycles. The van der Waals surface area contributed by atoms with Gasteiger partial charge in [-0.25, -0.2) is 14.6 Å². The number of aromatic nitrogens is 8. The Hall–Kier alpha value is -3.63. The molecular formula is C25H28ClN9O. The largest absolute Gasteiger partial charge is 0.507 e. The van der Waals surface area contributed by atoms with Crippen molar-refractivity contribution >= 4 is 29.3 Å². The van der Waals surface area contributed by atoms with Gasteiger partial charge in [0, 0.05) is 47.0 Å². The fourth-order valence-electron chi connectivity index (χ4n) is 5.46. The number of phenols is 1. The highest BCUT2D eigenvalue weighted by atomic mass is 35.5. The molecule has 0 amide bonds. The molecule has 1 aliphatic heterocycles. The normalized spacial score (nSPS) is 17.3. The molecule has 0 aliphatic carbocycles. The third-order valence-corrected chi connectivity index (χ3v) is 6.59. The summed E-state index contributed by atoms with van der Waals surface area (Å²) in [6, 6.07) is 7.46. The van der Waals surface area contributed by atoms with Gasteiger partial charge in [-0.1, -0.05) is 11.3 Å². The molecule has 0 saturated carbocycles. The van der Waals surface area contributed by atoms with Crippen LogP contribution in [-0.4, -0.2) is 55.7 Å². The predicted molar refractivity (Wildman–Crippen MR) is 139 cm³/mol. The minimum absolute atomic E-state index is 0. The summed E-state index contributed by atoms with van der Waals surface area (Å²) in [5, 5.41) is 32.2. The van der Waals surface area contributed by atoms with Crippen LogP contribution in [-0.2, 0) is 0 Å². The molecule has 186 valence electrons. The number of phenolic OH excluding ortho intramolecular Hbond substituents is 1. The first kappa shape index (κ1) is 24.1. The molecule has 1 fully saturated rings. The Morgan fingerprint density at radius 3 is 2.50 bits per heavy atom. The van der Waals surface area contributed by atoms with Gasteiger partial charge in [-0.3, -0.25) is 4.40 Å². The van der Waals surface area contributed by atoms with Gasteiger partial charge in [-0.15, -0.1) is 27.7 Å². The SMILES string of the molecule is CC1(C)CC(n2nnc3cc(-c4ccc(-c5cnc6nccn6c5)cc4O)nnc32)CC(C)(C)N1.Cl. The van der Waals surface area contributed by atoms with Crippen LogP contribution in [0.1, 0.15) is 46.6 Å². The van der Waals surface area contributed by atoms with Crippen molar-refractivity contribution in [3.63, 3.8) is 0 Å². The molecule has 2 N–H and O–H groups in total. The van der Waals surface area contributed by atoms with Crippen LogP contribution in [0.2, 0.25) is 0 Å². The number of hydrogen-bond donors (Lipinski definition) is 2. The first-order valence-corrected chi connectivity index (χ1v) is 11.7. The second-order valence-electron chi connectivity index (χ2n) is 10.6. The van der Waals surface area contributed by atoms with Gasteiger partial charge in [0.1, 0.15) is 11.3 Å². The average molecular weight is 506 g/mol. The van der Waals surface area contributed by atoms with Crippen molar-refractivity contribution in [1.29, 1.82) is 0 Å².